The van der Waals surface area contributed by atoms with E-state index >= 15 is 0 Å². The summed E-state index contributed by atoms with van der Waals surface area (Å²) < 4.78 is 0. The molecule has 0 aliphatic carbocycles. The van der Waals surface area contributed by atoms with Crippen LogP contribution in [-0.2, 0) is 0 Å². The zero-order valence-corrected chi connectivity index (χ0v) is 14.5. The molecule has 4 rings (SSSR count). The molecule has 1 aliphatic rings. The molecule has 1 aliphatic heterocycles. The van der Waals surface area contributed by atoms with Crippen LogP contribution in [0.5, 0.6) is 0 Å². The lowest BCUT2D eigenvalue weighted by Crippen LogP contribution is -2.45. The van der Waals surface area contributed by atoms with E-state index in [1.165, 1.54) is 5.69 Å². The molecule has 1 N–H and O–H groups in total. The Balaban J connectivity index is 1.42. The number of aromatic amines is 1. The molecule has 0 saturated carbocycles. The van der Waals surface area contributed by atoms with E-state index in [4.69, 9.17) is 0 Å². The van der Waals surface area contributed by atoms with E-state index in [1.54, 1.807) is 0 Å². The third kappa shape index (κ3) is 3.12. The van der Waals surface area contributed by atoms with Crippen LogP contribution in [0, 0.1) is 0 Å². The topological polar surface area (TPSA) is 39.3 Å². The summed E-state index contributed by atoms with van der Waals surface area (Å²) in [6.07, 6.45) is 3.91. The fourth-order valence-electron chi connectivity index (χ4n) is 3.69. The Bertz CT molecular complexity index is 863. The number of hydrogen-bond donors (Lipinski definition) is 1. The standard InChI is InChI=1S/C21H23N3O/c1-23(18-5-3-2-4-6-18)19-10-13-24(14-11-19)21(25)17-8-7-16-9-12-22-20(16)15-17/h2-9,12,15,19,22H,10-11,13-14H2,1H3. The molecule has 2 aromatic carbocycles. The molecule has 0 spiro atoms. The Kier molecular flexibility index (Phi) is 4.18. The summed E-state index contributed by atoms with van der Waals surface area (Å²) in [6.45, 7) is 1.62. The molecule has 4 heteroatoms. The van der Waals surface area contributed by atoms with Crippen molar-refractivity contribution in [3.8, 4) is 0 Å². The molecule has 0 atom stereocenters. The van der Waals surface area contributed by atoms with Gasteiger partial charge in [-0.15, -0.1) is 0 Å². The zero-order chi connectivity index (χ0) is 17.2. The van der Waals surface area contributed by atoms with Gasteiger partial charge in [0.15, 0.2) is 0 Å². The van der Waals surface area contributed by atoms with Gasteiger partial charge in [0.1, 0.15) is 0 Å². The van der Waals surface area contributed by atoms with Crippen LogP contribution in [0.4, 0.5) is 5.69 Å². The van der Waals surface area contributed by atoms with Crippen LogP contribution in [-0.4, -0.2) is 42.0 Å². The first kappa shape index (κ1) is 15.8. The second-order valence-corrected chi connectivity index (χ2v) is 6.75. The van der Waals surface area contributed by atoms with Crippen LogP contribution in [0.1, 0.15) is 23.2 Å². The van der Waals surface area contributed by atoms with Crippen molar-refractivity contribution in [3.05, 3.63) is 66.4 Å². The zero-order valence-electron chi connectivity index (χ0n) is 14.5. The van der Waals surface area contributed by atoms with Crippen LogP contribution < -0.4 is 4.90 Å². The van der Waals surface area contributed by atoms with Gasteiger partial charge < -0.3 is 14.8 Å². The van der Waals surface area contributed by atoms with Crippen molar-refractivity contribution in [2.45, 2.75) is 18.9 Å². The van der Waals surface area contributed by atoms with Crippen LogP contribution in [0.2, 0.25) is 0 Å². The first-order chi connectivity index (χ1) is 12.2. The number of hydrogen-bond acceptors (Lipinski definition) is 2. The Morgan fingerprint density at radius 3 is 2.60 bits per heavy atom. The van der Waals surface area contributed by atoms with E-state index in [0.29, 0.717) is 6.04 Å². The van der Waals surface area contributed by atoms with Crippen molar-refractivity contribution in [3.63, 3.8) is 0 Å². The number of benzene rings is 2. The number of likely N-dealkylation sites (tertiary alicyclic amines) is 1. The van der Waals surface area contributed by atoms with E-state index in [1.807, 2.05) is 41.4 Å². The lowest BCUT2D eigenvalue weighted by Gasteiger charge is -2.38. The van der Waals surface area contributed by atoms with Gasteiger partial charge in [0, 0.05) is 49.1 Å². The van der Waals surface area contributed by atoms with Crippen molar-refractivity contribution >= 4 is 22.5 Å². The quantitative estimate of drug-likeness (QED) is 0.789. The third-order valence-electron chi connectivity index (χ3n) is 5.26. The highest BCUT2D eigenvalue weighted by Crippen LogP contribution is 2.23. The number of fused-ring (bicyclic) bond motifs is 1. The van der Waals surface area contributed by atoms with Crippen LogP contribution in [0.3, 0.4) is 0 Å². The van der Waals surface area contributed by atoms with Gasteiger partial charge in [-0.3, -0.25) is 4.79 Å². The number of para-hydroxylation sites is 1. The fourth-order valence-corrected chi connectivity index (χ4v) is 3.69. The average molecular weight is 333 g/mol. The molecule has 0 radical (unpaired) electrons. The normalized spacial score (nSPS) is 15.5. The van der Waals surface area contributed by atoms with Crippen LogP contribution >= 0.6 is 0 Å². The molecule has 1 saturated heterocycles. The number of nitrogens with one attached hydrogen (secondary N) is 1. The molecular weight excluding hydrogens is 310 g/mol. The van der Waals surface area contributed by atoms with Crippen molar-refractivity contribution in [1.29, 1.82) is 0 Å². The number of piperidine rings is 1. The Labute approximate surface area is 148 Å². The van der Waals surface area contributed by atoms with E-state index in [9.17, 15) is 4.79 Å². The second-order valence-electron chi connectivity index (χ2n) is 6.75. The van der Waals surface area contributed by atoms with Gasteiger partial charge in [-0.05, 0) is 48.6 Å². The van der Waals surface area contributed by atoms with Crippen LogP contribution in [0.15, 0.2) is 60.8 Å². The summed E-state index contributed by atoms with van der Waals surface area (Å²) in [5, 5.41) is 1.14. The maximum Gasteiger partial charge on any atom is 0.253 e. The predicted octanol–water partition coefficient (Wildman–Crippen LogP) is 3.91. The monoisotopic (exact) mass is 333 g/mol. The molecule has 3 aromatic rings. The summed E-state index contributed by atoms with van der Waals surface area (Å²) in [6, 6.07) is 18.9. The molecule has 25 heavy (non-hydrogen) atoms. The maximum absolute atomic E-state index is 12.8. The van der Waals surface area contributed by atoms with E-state index in [-0.39, 0.29) is 5.91 Å². The van der Waals surface area contributed by atoms with Crippen molar-refractivity contribution in [1.82, 2.24) is 9.88 Å². The summed E-state index contributed by atoms with van der Waals surface area (Å²) >= 11 is 0. The van der Waals surface area contributed by atoms with Gasteiger partial charge in [-0.25, -0.2) is 0 Å². The minimum absolute atomic E-state index is 0.136. The Morgan fingerprint density at radius 1 is 1.08 bits per heavy atom. The molecule has 1 amide bonds. The smallest absolute Gasteiger partial charge is 0.253 e. The van der Waals surface area contributed by atoms with Crippen molar-refractivity contribution in [2.24, 2.45) is 0 Å². The summed E-state index contributed by atoms with van der Waals surface area (Å²) in [5.74, 6) is 0.136. The number of rotatable bonds is 3. The molecule has 1 fully saturated rings. The minimum atomic E-state index is 0.136. The number of anilines is 1. The van der Waals surface area contributed by atoms with Crippen molar-refractivity contribution < 1.29 is 4.79 Å². The number of carbonyl (C=O) groups is 1. The van der Waals surface area contributed by atoms with E-state index < -0.39 is 0 Å². The SMILES string of the molecule is CN(c1ccccc1)C1CCN(C(=O)c2ccc3cc[nH]c3c2)CC1. The lowest BCUT2D eigenvalue weighted by atomic mass is 10.0. The minimum Gasteiger partial charge on any atom is -0.371 e. The van der Waals surface area contributed by atoms with Gasteiger partial charge in [-0.1, -0.05) is 24.3 Å². The molecule has 0 unspecified atom stereocenters. The van der Waals surface area contributed by atoms with E-state index in [2.05, 4.69) is 41.2 Å². The second kappa shape index (κ2) is 6.63. The summed E-state index contributed by atoms with van der Waals surface area (Å²) in [5.41, 5.74) is 3.03. The molecule has 2 heterocycles. The van der Waals surface area contributed by atoms with E-state index in [0.717, 1.165) is 42.4 Å². The highest BCUT2D eigenvalue weighted by molar-refractivity contribution is 5.98. The van der Waals surface area contributed by atoms with Gasteiger partial charge in [0.2, 0.25) is 0 Å². The number of aromatic nitrogens is 1. The summed E-state index contributed by atoms with van der Waals surface area (Å²) in [7, 11) is 2.15. The van der Waals surface area contributed by atoms with Gasteiger partial charge in [0.25, 0.3) is 5.91 Å². The van der Waals surface area contributed by atoms with Gasteiger partial charge >= 0.3 is 0 Å². The first-order valence-corrected chi connectivity index (χ1v) is 8.87. The maximum atomic E-state index is 12.8. The Hall–Kier alpha value is -2.75. The number of carbonyl (C=O) groups excluding carboxylic acids is 1. The molecule has 0 bridgehead atoms. The summed E-state index contributed by atoms with van der Waals surface area (Å²) in [4.78, 5) is 20.3. The highest BCUT2D eigenvalue weighted by atomic mass is 16.2. The number of nitrogens with zero attached hydrogens (tertiary/aromatic N) is 2. The molecular formula is C21H23N3O. The highest BCUT2D eigenvalue weighted by Gasteiger charge is 2.26. The van der Waals surface area contributed by atoms with Gasteiger partial charge in [0.05, 0.1) is 0 Å². The first-order valence-electron chi connectivity index (χ1n) is 8.87. The lowest BCUT2D eigenvalue weighted by molar-refractivity contribution is 0.0713. The van der Waals surface area contributed by atoms with Crippen LogP contribution in [0.25, 0.3) is 10.9 Å². The number of amides is 1. The molecule has 128 valence electrons. The largest absolute Gasteiger partial charge is 0.371 e. The Morgan fingerprint density at radius 2 is 1.84 bits per heavy atom. The molecule has 4 nitrogen and oxygen atoms in total. The average Bonchev–Trinajstić information content (AvgIpc) is 3.15. The number of H-pyrrole nitrogens is 1. The fraction of sp³-hybridized carbons (Fsp3) is 0.286. The molecule has 1 aromatic heterocycles. The van der Waals surface area contributed by atoms with Gasteiger partial charge in [-0.2, -0.15) is 0 Å². The third-order valence-corrected chi connectivity index (χ3v) is 5.26. The predicted molar refractivity (Wildman–Crippen MR) is 102 cm³/mol. The van der Waals surface area contributed by atoms with Crippen molar-refractivity contribution in [2.75, 3.05) is 25.0 Å².